The van der Waals surface area contributed by atoms with Crippen LogP contribution in [0, 0.1) is 5.82 Å². The Bertz CT molecular complexity index is 348. The number of anilines is 1. The summed E-state index contributed by atoms with van der Waals surface area (Å²) in [6.07, 6.45) is 0.747. The summed E-state index contributed by atoms with van der Waals surface area (Å²) >= 11 is 0. The fourth-order valence-electron chi connectivity index (χ4n) is 1.30. The van der Waals surface area contributed by atoms with E-state index in [4.69, 9.17) is 5.73 Å². The second-order valence-electron chi connectivity index (χ2n) is 2.94. The molecule has 0 saturated heterocycles. The molecule has 68 valence electrons. The first-order chi connectivity index (χ1) is 6.25. The average Bonchev–Trinajstić information content (AvgIpc) is 2.52. The van der Waals surface area contributed by atoms with Crippen LogP contribution in [0.2, 0.25) is 0 Å². The van der Waals surface area contributed by atoms with Gasteiger partial charge in [0, 0.05) is 13.0 Å². The molecule has 1 aliphatic heterocycles. The molecule has 0 aliphatic carbocycles. The van der Waals surface area contributed by atoms with Crippen molar-refractivity contribution in [2.75, 3.05) is 11.6 Å². The van der Waals surface area contributed by atoms with Crippen molar-refractivity contribution in [1.82, 2.24) is 0 Å². The first kappa shape index (κ1) is 8.04. The SMILES string of the molecule is NC1=NN(c2cccc(F)c2)CC1. The summed E-state index contributed by atoms with van der Waals surface area (Å²) in [5, 5.41) is 5.77. The zero-order chi connectivity index (χ0) is 9.26. The molecule has 0 spiro atoms. The first-order valence-corrected chi connectivity index (χ1v) is 4.12. The number of benzene rings is 1. The second kappa shape index (κ2) is 3.05. The van der Waals surface area contributed by atoms with E-state index < -0.39 is 0 Å². The number of halogens is 1. The van der Waals surface area contributed by atoms with Crippen molar-refractivity contribution in [3.05, 3.63) is 30.1 Å². The topological polar surface area (TPSA) is 41.6 Å². The van der Waals surface area contributed by atoms with E-state index in [1.165, 1.54) is 12.1 Å². The van der Waals surface area contributed by atoms with Crippen LogP contribution in [0.3, 0.4) is 0 Å². The Labute approximate surface area is 75.7 Å². The minimum Gasteiger partial charge on any atom is -0.386 e. The molecule has 0 unspecified atom stereocenters. The number of nitrogens with two attached hydrogens (primary N) is 1. The van der Waals surface area contributed by atoms with E-state index in [9.17, 15) is 4.39 Å². The van der Waals surface area contributed by atoms with Crippen molar-refractivity contribution in [3.63, 3.8) is 0 Å². The number of amidine groups is 1. The van der Waals surface area contributed by atoms with Crippen LogP contribution >= 0.6 is 0 Å². The fraction of sp³-hybridized carbons (Fsp3) is 0.222. The van der Waals surface area contributed by atoms with E-state index in [0.29, 0.717) is 5.84 Å². The molecular weight excluding hydrogens is 169 g/mol. The summed E-state index contributed by atoms with van der Waals surface area (Å²) in [6, 6.07) is 6.33. The monoisotopic (exact) mass is 179 g/mol. The number of hydrogen-bond donors (Lipinski definition) is 1. The van der Waals surface area contributed by atoms with Gasteiger partial charge in [-0.15, -0.1) is 0 Å². The molecule has 0 atom stereocenters. The van der Waals surface area contributed by atoms with Crippen molar-refractivity contribution >= 4 is 11.5 Å². The van der Waals surface area contributed by atoms with Gasteiger partial charge in [-0.1, -0.05) is 6.07 Å². The Morgan fingerprint density at radius 3 is 2.92 bits per heavy atom. The third kappa shape index (κ3) is 1.61. The largest absolute Gasteiger partial charge is 0.386 e. The summed E-state index contributed by atoms with van der Waals surface area (Å²) < 4.78 is 12.8. The third-order valence-corrected chi connectivity index (χ3v) is 1.94. The Balaban J connectivity index is 2.26. The molecule has 0 amide bonds. The molecule has 1 aromatic rings. The van der Waals surface area contributed by atoms with Crippen LogP contribution in [-0.4, -0.2) is 12.4 Å². The number of nitrogens with zero attached hydrogens (tertiary/aromatic N) is 2. The molecule has 4 heteroatoms. The smallest absolute Gasteiger partial charge is 0.125 e. The van der Waals surface area contributed by atoms with E-state index >= 15 is 0 Å². The molecule has 2 N–H and O–H groups in total. The highest BCUT2D eigenvalue weighted by Crippen LogP contribution is 2.18. The van der Waals surface area contributed by atoms with Crippen LogP contribution < -0.4 is 10.7 Å². The number of rotatable bonds is 1. The molecule has 0 saturated carbocycles. The van der Waals surface area contributed by atoms with Gasteiger partial charge in [0.05, 0.1) is 5.69 Å². The predicted molar refractivity (Wildman–Crippen MR) is 50.0 cm³/mol. The molecular formula is C9H10FN3. The highest BCUT2D eigenvalue weighted by atomic mass is 19.1. The normalized spacial score (nSPS) is 16.1. The third-order valence-electron chi connectivity index (χ3n) is 1.94. The minimum atomic E-state index is -0.252. The van der Waals surface area contributed by atoms with Crippen LogP contribution in [0.1, 0.15) is 6.42 Å². The van der Waals surface area contributed by atoms with E-state index in [-0.39, 0.29) is 5.82 Å². The molecule has 0 radical (unpaired) electrons. The molecule has 1 heterocycles. The van der Waals surface area contributed by atoms with E-state index in [1.807, 2.05) is 6.07 Å². The van der Waals surface area contributed by atoms with Gasteiger partial charge >= 0.3 is 0 Å². The van der Waals surface area contributed by atoms with Crippen LogP contribution in [0.5, 0.6) is 0 Å². The summed E-state index contributed by atoms with van der Waals surface area (Å²) in [5.74, 6) is 0.349. The summed E-state index contributed by atoms with van der Waals surface area (Å²) in [6.45, 7) is 0.731. The lowest BCUT2D eigenvalue weighted by Crippen LogP contribution is -2.11. The maximum Gasteiger partial charge on any atom is 0.125 e. The highest BCUT2D eigenvalue weighted by molar-refractivity contribution is 5.84. The molecule has 0 aromatic heterocycles. The molecule has 2 rings (SSSR count). The fourth-order valence-corrected chi connectivity index (χ4v) is 1.30. The molecule has 1 aliphatic rings. The van der Waals surface area contributed by atoms with Gasteiger partial charge in [-0.05, 0) is 18.2 Å². The van der Waals surface area contributed by atoms with Gasteiger partial charge in [0.25, 0.3) is 0 Å². The zero-order valence-corrected chi connectivity index (χ0v) is 7.07. The van der Waals surface area contributed by atoms with E-state index in [1.54, 1.807) is 11.1 Å². The standard InChI is InChI=1S/C9H10FN3/c10-7-2-1-3-8(6-7)13-5-4-9(11)12-13/h1-3,6H,4-5H2,(H2,11,12). The van der Waals surface area contributed by atoms with Crippen molar-refractivity contribution in [1.29, 1.82) is 0 Å². The van der Waals surface area contributed by atoms with Gasteiger partial charge in [0.2, 0.25) is 0 Å². The van der Waals surface area contributed by atoms with Crippen molar-refractivity contribution in [3.8, 4) is 0 Å². The van der Waals surface area contributed by atoms with Gasteiger partial charge in [0.1, 0.15) is 11.7 Å². The maximum atomic E-state index is 12.8. The Morgan fingerprint density at radius 2 is 2.31 bits per heavy atom. The van der Waals surface area contributed by atoms with Gasteiger partial charge in [-0.2, -0.15) is 5.10 Å². The van der Waals surface area contributed by atoms with E-state index in [2.05, 4.69) is 5.10 Å². The lowest BCUT2D eigenvalue weighted by atomic mass is 10.3. The quantitative estimate of drug-likeness (QED) is 0.706. The average molecular weight is 179 g/mol. The highest BCUT2D eigenvalue weighted by Gasteiger charge is 2.13. The summed E-state index contributed by atoms with van der Waals surface area (Å²) in [5.41, 5.74) is 6.27. The van der Waals surface area contributed by atoms with Crippen LogP contribution in [0.4, 0.5) is 10.1 Å². The number of hydrazone groups is 1. The summed E-state index contributed by atoms with van der Waals surface area (Å²) in [7, 11) is 0. The minimum absolute atomic E-state index is 0.252. The first-order valence-electron chi connectivity index (χ1n) is 4.12. The molecule has 13 heavy (non-hydrogen) atoms. The van der Waals surface area contributed by atoms with Crippen LogP contribution in [0.15, 0.2) is 29.4 Å². The van der Waals surface area contributed by atoms with Gasteiger partial charge in [-0.3, -0.25) is 5.01 Å². The Kier molecular flexibility index (Phi) is 1.88. The van der Waals surface area contributed by atoms with Crippen molar-refractivity contribution < 1.29 is 4.39 Å². The van der Waals surface area contributed by atoms with Crippen LogP contribution in [-0.2, 0) is 0 Å². The Hall–Kier alpha value is -1.58. The van der Waals surface area contributed by atoms with Gasteiger partial charge in [-0.25, -0.2) is 4.39 Å². The molecule has 1 aromatic carbocycles. The molecule has 0 bridgehead atoms. The lowest BCUT2D eigenvalue weighted by Gasteiger charge is -2.12. The molecule has 3 nitrogen and oxygen atoms in total. The maximum absolute atomic E-state index is 12.8. The predicted octanol–water partition coefficient (Wildman–Crippen LogP) is 1.31. The Morgan fingerprint density at radius 1 is 1.46 bits per heavy atom. The van der Waals surface area contributed by atoms with Gasteiger partial charge in [0.15, 0.2) is 0 Å². The van der Waals surface area contributed by atoms with Crippen LogP contribution in [0.25, 0.3) is 0 Å². The lowest BCUT2D eigenvalue weighted by molar-refractivity contribution is 0.627. The summed E-state index contributed by atoms with van der Waals surface area (Å²) in [4.78, 5) is 0. The number of hydrogen-bond acceptors (Lipinski definition) is 3. The van der Waals surface area contributed by atoms with Crippen molar-refractivity contribution in [2.45, 2.75) is 6.42 Å². The zero-order valence-electron chi connectivity index (χ0n) is 7.07. The van der Waals surface area contributed by atoms with Gasteiger partial charge < -0.3 is 5.73 Å². The van der Waals surface area contributed by atoms with E-state index in [0.717, 1.165) is 18.7 Å². The molecule has 0 fully saturated rings. The van der Waals surface area contributed by atoms with Crippen molar-refractivity contribution in [2.24, 2.45) is 10.8 Å². The second-order valence-corrected chi connectivity index (χ2v) is 2.94.